The topological polar surface area (TPSA) is 50.4 Å². The van der Waals surface area contributed by atoms with E-state index < -0.39 is 35.2 Å². The van der Waals surface area contributed by atoms with Crippen LogP contribution in [0.2, 0.25) is 0 Å². The predicted octanol–water partition coefficient (Wildman–Crippen LogP) is 6.47. The number of carbonyl (C=O) groups excluding carboxylic acids is 1. The van der Waals surface area contributed by atoms with Crippen molar-refractivity contribution in [2.75, 3.05) is 25.1 Å². The van der Waals surface area contributed by atoms with Gasteiger partial charge in [-0.1, -0.05) is 33.1 Å². The maximum absolute atomic E-state index is 12.8. The number of benzene rings is 1. The normalized spacial score (nSPS) is 13.2. The minimum absolute atomic E-state index is 0.00446. The van der Waals surface area contributed by atoms with Crippen LogP contribution in [0.15, 0.2) is 18.2 Å². The molecule has 0 saturated carbocycles. The maximum Gasteiger partial charge on any atom is 0.416 e. The number of amides is 2. The Kier molecular flexibility index (Phi) is 10.4. The van der Waals surface area contributed by atoms with E-state index in [0.29, 0.717) is 37.7 Å². The van der Waals surface area contributed by atoms with Crippen LogP contribution in [0.3, 0.4) is 0 Å². The van der Waals surface area contributed by atoms with E-state index in [1.165, 1.54) is 0 Å². The van der Waals surface area contributed by atoms with Crippen LogP contribution in [0.5, 0.6) is 0 Å². The van der Waals surface area contributed by atoms with Crippen LogP contribution in [0, 0.1) is 5.92 Å². The standard InChI is InChI=1S/C20H28F6N2O2/c1-3-5-7-14(4-2)13-30-9-6-8-27-18(29)28-17-11-15(19(21,22)23)10-16(12-17)20(24,25)26/h10-12,14H,3-9,13H2,1-2H3,(H2,27,28,29). The Hall–Kier alpha value is -1.97. The summed E-state index contributed by atoms with van der Waals surface area (Å²) in [5, 5.41) is 4.41. The summed E-state index contributed by atoms with van der Waals surface area (Å²) in [6, 6.07) is 0.0276. The van der Waals surface area contributed by atoms with Gasteiger partial charge in [-0.05, 0) is 37.0 Å². The van der Waals surface area contributed by atoms with E-state index in [-0.39, 0.29) is 12.6 Å². The van der Waals surface area contributed by atoms with Gasteiger partial charge in [-0.15, -0.1) is 0 Å². The van der Waals surface area contributed by atoms with E-state index in [1.54, 1.807) is 0 Å². The fraction of sp³-hybridized carbons (Fsp3) is 0.650. The first kappa shape index (κ1) is 26.1. The van der Waals surface area contributed by atoms with Gasteiger partial charge in [-0.2, -0.15) is 26.3 Å². The summed E-state index contributed by atoms with van der Waals surface area (Å²) in [6.45, 7) is 5.39. The Morgan fingerprint density at radius 2 is 1.60 bits per heavy atom. The second kappa shape index (κ2) is 12.0. The Morgan fingerprint density at radius 1 is 1.00 bits per heavy atom. The largest absolute Gasteiger partial charge is 0.416 e. The molecule has 0 fully saturated rings. The molecule has 1 aromatic rings. The smallest absolute Gasteiger partial charge is 0.381 e. The molecule has 10 heteroatoms. The van der Waals surface area contributed by atoms with Gasteiger partial charge in [-0.3, -0.25) is 0 Å². The molecule has 0 radical (unpaired) electrons. The lowest BCUT2D eigenvalue weighted by atomic mass is 10.0. The van der Waals surface area contributed by atoms with Crippen LogP contribution in [0.1, 0.15) is 57.1 Å². The third-order valence-electron chi connectivity index (χ3n) is 4.49. The molecule has 2 N–H and O–H groups in total. The van der Waals surface area contributed by atoms with Crippen molar-refractivity contribution < 1.29 is 35.9 Å². The number of urea groups is 1. The quantitative estimate of drug-likeness (QED) is 0.305. The highest BCUT2D eigenvalue weighted by Crippen LogP contribution is 2.37. The van der Waals surface area contributed by atoms with Crippen LogP contribution < -0.4 is 10.6 Å². The van der Waals surface area contributed by atoms with Gasteiger partial charge in [0, 0.05) is 25.4 Å². The number of halogens is 6. The molecule has 0 aliphatic rings. The summed E-state index contributed by atoms with van der Waals surface area (Å²) in [5.74, 6) is 0.477. The van der Waals surface area contributed by atoms with Crippen molar-refractivity contribution in [1.82, 2.24) is 5.32 Å². The van der Waals surface area contributed by atoms with Crippen molar-refractivity contribution in [2.24, 2.45) is 5.92 Å². The molecular formula is C20H28F6N2O2. The highest BCUT2D eigenvalue weighted by Gasteiger charge is 2.37. The lowest BCUT2D eigenvalue weighted by Crippen LogP contribution is -2.30. The molecule has 1 aromatic carbocycles. The van der Waals surface area contributed by atoms with Gasteiger partial charge >= 0.3 is 18.4 Å². The number of ether oxygens (including phenoxy) is 1. The summed E-state index contributed by atoms with van der Waals surface area (Å²) in [5.41, 5.74) is -3.57. The van der Waals surface area contributed by atoms with E-state index in [0.717, 1.165) is 25.7 Å². The number of hydrogen-bond acceptors (Lipinski definition) is 2. The number of carbonyl (C=O) groups is 1. The average Bonchev–Trinajstić information content (AvgIpc) is 2.65. The Labute approximate surface area is 172 Å². The van der Waals surface area contributed by atoms with E-state index >= 15 is 0 Å². The monoisotopic (exact) mass is 442 g/mol. The van der Waals surface area contributed by atoms with Gasteiger partial charge in [0.25, 0.3) is 0 Å². The lowest BCUT2D eigenvalue weighted by molar-refractivity contribution is -0.143. The highest BCUT2D eigenvalue weighted by molar-refractivity contribution is 5.89. The third kappa shape index (κ3) is 9.69. The maximum atomic E-state index is 12.8. The molecule has 0 aliphatic heterocycles. The molecule has 0 aliphatic carbocycles. The van der Waals surface area contributed by atoms with Crippen molar-refractivity contribution in [3.8, 4) is 0 Å². The average molecular weight is 442 g/mol. The summed E-state index contributed by atoms with van der Waals surface area (Å²) in [7, 11) is 0. The van der Waals surface area contributed by atoms with E-state index in [1.807, 2.05) is 5.32 Å². The summed E-state index contributed by atoms with van der Waals surface area (Å²) in [4.78, 5) is 11.8. The van der Waals surface area contributed by atoms with Gasteiger partial charge < -0.3 is 15.4 Å². The third-order valence-corrected chi connectivity index (χ3v) is 4.49. The molecule has 0 aromatic heterocycles. The molecule has 172 valence electrons. The summed E-state index contributed by atoms with van der Waals surface area (Å²) >= 11 is 0. The highest BCUT2D eigenvalue weighted by atomic mass is 19.4. The van der Waals surface area contributed by atoms with Gasteiger partial charge in [0.1, 0.15) is 0 Å². The van der Waals surface area contributed by atoms with Gasteiger partial charge in [0.05, 0.1) is 11.1 Å². The van der Waals surface area contributed by atoms with Crippen LogP contribution in [0.4, 0.5) is 36.8 Å². The molecule has 0 spiro atoms. The number of alkyl halides is 6. The van der Waals surface area contributed by atoms with Crippen molar-refractivity contribution in [2.45, 2.75) is 58.3 Å². The Morgan fingerprint density at radius 3 is 2.10 bits per heavy atom. The molecule has 0 bridgehead atoms. The minimum atomic E-state index is -4.97. The van der Waals surface area contributed by atoms with E-state index in [2.05, 4.69) is 19.2 Å². The van der Waals surface area contributed by atoms with Crippen molar-refractivity contribution >= 4 is 11.7 Å². The molecule has 30 heavy (non-hydrogen) atoms. The molecule has 0 saturated heterocycles. The Balaban J connectivity index is 2.49. The number of anilines is 1. The van der Waals surface area contributed by atoms with Gasteiger partial charge in [-0.25, -0.2) is 4.79 Å². The van der Waals surface area contributed by atoms with Crippen LogP contribution in [-0.2, 0) is 17.1 Å². The first-order chi connectivity index (χ1) is 14.0. The lowest BCUT2D eigenvalue weighted by Gasteiger charge is -2.15. The fourth-order valence-electron chi connectivity index (χ4n) is 2.73. The van der Waals surface area contributed by atoms with Crippen LogP contribution in [0.25, 0.3) is 0 Å². The SMILES string of the molecule is CCCCC(CC)COCCCNC(=O)Nc1cc(C(F)(F)F)cc(C(F)(F)F)c1. The second-order valence-electron chi connectivity index (χ2n) is 7.02. The molecule has 1 unspecified atom stereocenters. The predicted molar refractivity (Wildman–Crippen MR) is 102 cm³/mol. The number of unbranched alkanes of at least 4 members (excludes halogenated alkanes) is 1. The number of nitrogens with one attached hydrogen (secondary N) is 2. The van der Waals surface area contributed by atoms with Crippen molar-refractivity contribution in [1.29, 1.82) is 0 Å². The summed E-state index contributed by atoms with van der Waals surface area (Å²) in [6.07, 6.45) is -5.13. The number of rotatable bonds is 11. The molecule has 1 rings (SSSR count). The molecule has 2 amide bonds. The first-order valence-electron chi connectivity index (χ1n) is 9.89. The molecular weight excluding hydrogens is 414 g/mol. The first-order valence-corrected chi connectivity index (χ1v) is 9.89. The molecule has 1 atom stereocenters. The minimum Gasteiger partial charge on any atom is -0.381 e. The zero-order valence-electron chi connectivity index (χ0n) is 17.1. The Bertz CT molecular complexity index is 629. The van der Waals surface area contributed by atoms with Gasteiger partial charge in [0.2, 0.25) is 0 Å². The number of hydrogen-bond donors (Lipinski definition) is 2. The van der Waals surface area contributed by atoms with E-state index in [9.17, 15) is 31.1 Å². The molecule has 4 nitrogen and oxygen atoms in total. The second-order valence-corrected chi connectivity index (χ2v) is 7.02. The van der Waals surface area contributed by atoms with Crippen LogP contribution in [-0.4, -0.2) is 25.8 Å². The molecule has 0 heterocycles. The summed E-state index contributed by atoms with van der Waals surface area (Å²) < 4.78 is 82.6. The zero-order chi connectivity index (χ0) is 22.8. The van der Waals surface area contributed by atoms with Crippen molar-refractivity contribution in [3.63, 3.8) is 0 Å². The van der Waals surface area contributed by atoms with Gasteiger partial charge in [0.15, 0.2) is 0 Å². The van der Waals surface area contributed by atoms with Crippen molar-refractivity contribution in [3.05, 3.63) is 29.3 Å². The fourth-order valence-corrected chi connectivity index (χ4v) is 2.73. The van der Waals surface area contributed by atoms with E-state index in [4.69, 9.17) is 4.74 Å². The zero-order valence-corrected chi connectivity index (χ0v) is 17.1. The van der Waals surface area contributed by atoms with Crippen LogP contribution >= 0.6 is 0 Å².